The summed E-state index contributed by atoms with van der Waals surface area (Å²) in [6, 6.07) is 10.9. The Morgan fingerprint density at radius 2 is 1.90 bits per heavy atom. The molecule has 0 aliphatic carbocycles. The van der Waals surface area contributed by atoms with Crippen molar-refractivity contribution >= 4 is 27.5 Å². The van der Waals surface area contributed by atoms with Crippen LogP contribution in [0.5, 0.6) is 5.75 Å². The fourth-order valence-corrected chi connectivity index (χ4v) is 3.75. The van der Waals surface area contributed by atoms with Crippen molar-refractivity contribution in [2.45, 2.75) is 12.7 Å². The van der Waals surface area contributed by atoms with Crippen LogP contribution in [0.25, 0.3) is 21.5 Å². The summed E-state index contributed by atoms with van der Waals surface area (Å²) in [7, 11) is 1.58. The maximum absolute atomic E-state index is 13.3. The summed E-state index contributed by atoms with van der Waals surface area (Å²) in [5.74, 6) is 0.791. The van der Waals surface area contributed by atoms with Gasteiger partial charge in [0.15, 0.2) is 0 Å². The van der Waals surface area contributed by atoms with E-state index in [2.05, 4.69) is 25.5 Å². The zero-order valence-electron chi connectivity index (χ0n) is 15.1. The van der Waals surface area contributed by atoms with E-state index in [-0.39, 0.29) is 17.2 Å². The molecule has 0 atom stereocenters. The lowest BCUT2D eigenvalue weighted by Gasteiger charge is -2.12. The summed E-state index contributed by atoms with van der Waals surface area (Å²) in [6.45, 7) is 0.300. The van der Waals surface area contributed by atoms with E-state index in [1.165, 1.54) is 35.7 Å². The highest BCUT2D eigenvalue weighted by molar-refractivity contribution is 7.18. The Labute approximate surface area is 167 Å². The Bertz CT molecular complexity index is 1160. The molecule has 2 aromatic carbocycles. The number of nitrogens with zero attached hydrogens (tertiary/aromatic N) is 4. The van der Waals surface area contributed by atoms with Gasteiger partial charge in [-0.15, -0.1) is 16.4 Å². The second-order valence-corrected chi connectivity index (χ2v) is 7.09. The van der Waals surface area contributed by atoms with Crippen molar-refractivity contribution in [1.82, 2.24) is 20.2 Å². The largest absolute Gasteiger partial charge is 0.494 e. The molecule has 29 heavy (non-hydrogen) atoms. The number of para-hydroxylation sites is 1. The molecule has 4 rings (SSSR count). The van der Waals surface area contributed by atoms with Crippen LogP contribution in [0.15, 0.2) is 48.7 Å². The molecule has 0 amide bonds. The van der Waals surface area contributed by atoms with Crippen LogP contribution >= 0.6 is 11.3 Å². The molecular formula is C19H14F3N5OS. The molecule has 4 aromatic rings. The van der Waals surface area contributed by atoms with Gasteiger partial charge >= 0.3 is 6.18 Å². The highest BCUT2D eigenvalue weighted by atomic mass is 32.1. The Morgan fingerprint density at radius 3 is 2.69 bits per heavy atom. The molecule has 0 unspecified atom stereocenters. The first-order valence-electron chi connectivity index (χ1n) is 8.48. The van der Waals surface area contributed by atoms with Gasteiger partial charge in [0.1, 0.15) is 16.3 Å². The molecule has 0 saturated carbocycles. The SMILES string of the molecule is COc1cccc2sc(CNc3nncc(-c4ccccc4C(F)(F)F)n3)nc12. The number of benzene rings is 2. The van der Waals surface area contributed by atoms with Crippen LogP contribution in [0.3, 0.4) is 0 Å². The molecule has 0 saturated heterocycles. The number of alkyl halides is 3. The van der Waals surface area contributed by atoms with Crippen LogP contribution in [0.4, 0.5) is 19.1 Å². The van der Waals surface area contributed by atoms with E-state index < -0.39 is 11.7 Å². The van der Waals surface area contributed by atoms with Gasteiger partial charge < -0.3 is 10.1 Å². The molecule has 0 aliphatic heterocycles. The number of thiazole rings is 1. The van der Waals surface area contributed by atoms with Crippen LogP contribution in [0.2, 0.25) is 0 Å². The second-order valence-electron chi connectivity index (χ2n) is 5.98. The lowest BCUT2D eigenvalue weighted by molar-refractivity contribution is -0.137. The number of ether oxygens (including phenoxy) is 1. The van der Waals surface area contributed by atoms with Crippen molar-refractivity contribution in [2.75, 3.05) is 12.4 Å². The fraction of sp³-hybridized carbons (Fsp3) is 0.158. The quantitative estimate of drug-likeness (QED) is 0.504. The number of hydrogen-bond donors (Lipinski definition) is 1. The number of rotatable bonds is 5. The maximum Gasteiger partial charge on any atom is 0.417 e. The van der Waals surface area contributed by atoms with Crippen molar-refractivity contribution in [3.05, 3.63) is 59.2 Å². The lowest BCUT2D eigenvalue weighted by atomic mass is 10.0. The van der Waals surface area contributed by atoms with Crippen LogP contribution in [0, 0.1) is 0 Å². The highest BCUT2D eigenvalue weighted by Crippen LogP contribution is 2.36. The van der Waals surface area contributed by atoms with Crippen molar-refractivity contribution in [1.29, 1.82) is 0 Å². The van der Waals surface area contributed by atoms with Crippen LogP contribution in [-0.4, -0.2) is 27.3 Å². The summed E-state index contributed by atoms with van der Waals surface area (Å²) in [4.78, 5) is 8.72. The van der Waals surface area contributed by atoms with Crippen LogP contribution in [0.1, 0.15) is 10.6 Å². The van der Waals surface area contributed by atoms with Gasteiger partial charge in [-0.1, -0.05) is 24.3 Å². The van der Waals surface area contributed by atoms with Crippen molar-refractivity contribution in [3.8, 4) is 17.0 Å². The normalized spacial score (nSPS) is 11.6. The van der Waals surface area contributed by atoms with Gasteiger partial charge in [0, 0.05) is 5.56 Å². The topological polar surface area (TPSA) is 72.8 Å². The predicted molar refractivity (Wildman–Crippen MR) is 104 cm³/mol. The standard InChI is InChI=1S/C19H14F3N5OS/c1-28-14-7-4-8-15-17(14)26-16(29-15)10-23-18-25-13(9-24-27-18)11-5-2-3-6-12(11)19(20,21)22/h2-9H,10H2,1H3,(H,23,25,27). The van der Waals surface area contributed by atoms with Gasteiger partial charge in [0.05, 0.1) is 35.8 Å². The molecule has 0 bridgehead atoms. The fourth-order valence-electron chi connectivity index (χ4n) is 2.83. The molecule has 6 nitrogen and oxygen atoms in total. The van der Waals surface area contributed by atoms with Crippen LogP contribution < -0.4 is 10.1 Å². The molecule has 10 heteroatoms. The third kappa shape index (κ3) is 3.97. The minimum absolute atomic E-state index is 0.0531. The smallest absolute Gasteiger partial charge is 0.417 e. The van der Waals surface area contributed by atoms with Crippen molar-refractivity contribution in [3.63, 3.8) is 0 Å². The molecule has 0 fully saturated rings. The molecule has 2 aromatic heterocycles. The minimum atomic E-state index is -4.49. The Kier molecular flexibility index (Phi) is 5.01. The van der Waals surface area contributed by atoms with E-state index in [0.717, 1.165) is 21.3 Å². The third-order valence-corrected chi connectivity index (χ3v) is 5.13. The Morgan fingerprint density at radius 1 is 1.07 bits per heavy atom. The molecular weight excluding hydrogens is 403 g/mol. The average Bonchev–Trinajstić information content (AvgIpc) is 3.15. The van der Waals surface area contributed by atoms with E-state index in [9.17, 15) is 13.2 Å². The third-order valence-electron chi connectivity index (χ3n) is 4.11. The van der Waals surface area contributed by atoms with E-state index >= 15 is 0 Å². The number of methoxy groups -OCH3 is 1. The zero-order chi connectivity index (χ0) is 20.4. The van der Waals surface area contributed by atoms with E-state index in [4.69, 9.17) is 4.74 Å². The Balaban J connectivity index is 1.58. The number of anilines is 1. The molecule has 0 spiro atoms. The van der Waals surface area contributed by atoms with Gasteiger partial charge in [-0.3, -0.25) is 0 Å². The second kappa shape index (κ2) is 7.63. The first-order chi connectivity index (χ1) is 14.0. The monoisotopic (exact) mass is 417 g/mol. The zero-order valence-corrected chi connectivity index (χ0v) is 15.9. The van der Waals surface area contributed by atoms with E-state index in [0.29, 0.717) is 12.3 Å². The molecule has 0 radical (unpaired) electrons. The summed E-state index contributed by atoms with van der Waals surface area (Å²) in [5.41, 5.74) is 0.0116. The summed E-state index contributed by atoms with van der Waals surface area (Å²) in [5, 5.41) is 11.4. The number of fused-ring (bicyclic) bond motifs is 1. The van der Waals surface area contributed by atoms with Gasteiger partial charge in [-0.05, 0) is 18.2 Å². The summed E-state index contributed by atoms with van der Waals surface area (Å²) < 4.78 is 46.1. The van der Waals surface area contributed by atoms with Crippen molar-refractivity contribution < 1.29 is 17.9 Å². The maximum atomic E-state index is 13.3. The van der Waals surface area contributed by atoms with Gasteiger partial charge in [-0.25, -0.2) is 9.97 Å². The molecule has 1 N–H and O–H groups in total. The Hall–Kier alpha value is -3.27. The van der Waals surface area contributed by atoms with E-state index in [1.54, 1.807) is 7.11 Å². The van der Waals surface area contributed by atoms with Gasteiger partial charge in [-0.2, -0.15) is 18.3 Å². The number of aromatic nitrogens is 4. The van der Waals surface area contributed by atoms with E-state index in [1.807, 2.05) is 18.2 Å². The van der Waals surface area contributed by atoms with Gasteiger partial charge in [0.2, 0.25) is 5.95 Å². The van der Waals surface area contributed by atoms with Gasteiger partial charge in [0.25, 0.3) is 0 Å². The first kappa shape index (κ1) is 19.1. The van der Waals surface area contributed by atoms with Crippen LogP contribution in [-0.2, 0) is 12.7 Å². The minimum Gasteiger partial charge on any atom is -0.494 e. The van der Waals surface area contributed by atoms with Crippen molar-refractivity contribution in [2.24, 2.45) is 0 Å². The molecule has 2 heterocycles. The summed E-state index contributed by atoms with van der Waals surface area (Å²) >= 11 is 1.47. The first-order valence-corrected chi connectivity index (χ1v) is 9.30. The summed E-state index contributed by atoms with van der Waals surface area (Å²) in [6.07, 6.45) is -3.28. The number of nitrogens with one attached hydrogen (secondary N) is 1. The molecule has 148 valence electrons. The highest BCUT2D eigenvalue weighted by Gasteiger charge is 2.33. The predicted octanol–water partition coefficient (Wildman–Crippen LogP) is 4.79. The number of hydrogen-bond acceptors (Lipinski definition) is 7. The lowest BCUT2D eigenvalue weighted by Crippen LogP contribution is -2.09. The average molecular weight is 417 g/mol. The number of halogens is 3. The molecule has 0 aliphatic rings.